The molecule has 2 atom stereocenters. The molecule has 0 radical (unpaired) electrons. The van der Waals surface area contributed by atoms with Crippen LogP contribution in [0, 0.1) is 0 Å². The van der Waals surface area contributed by atoms with E-state index in [1.54, 1.807) is 0 Å². The van der Waals surface area contributed by atoms with Crippen molar-refractivity contribution in [2.75, 3.05) is 5.75 Å². The minimum absolute atomic E-state index is 0.228. The Morgan fingerprint density at radius 2 is 2.38 bits per heavy atom. The first kappa shape index (κ1) is 12.7. The van der Waals surface area contributed by atoms with Crippen LogP contribution in [-0.4, -0.2) is 17.0 Å². The van der Waals surface area contributed by atoms with Crippen LogP contribution in [0.2, 0.25) is 5.02 Å². The smallest absolute Gasteiger partial charge is 0.0449 e. The van der Waals surface area contributed by atoms with Gasteiger partial charge < -0.3 is 5.73 Å². The number of thioether (sulfide) groups is 1. The van der Waals surface area contributed by atoms with E-state index in [0.29, 0.717) is 5.25 Å². The molecule has 1 aromatic rings. The van der Waals surface area contributed by atoms with Crippen molar-refractivity contribution in [2.45, 2.75) is 30.6 Å². The number of benzene rings is 1. The van der Waals surface area contributed by atoms with Gasteiger partial charge in [-0.1, -0.05) is 33.6 Å². The second-order valence-corrected chi connectivity index (χ2v) is 6.83. The summed E-state index contributed by atoms with van der Waals surface area (Å²) in [6, 6.07) is 6.25. The van der Waals surface area contributed by atoms with Crippen molar-refractivity contribution in [1.82, 2.24) is 0 Å². The van der Waals surface area contributed by atoms with Gasteiger partial charge in [0, 0.05) is 20.8 Å². The summed E-state index contributed by atoms with van der Waals surface area (Å²) in [5, 5.41) is 1.42. The van der Waals surface area contributed by atoms with Gasteiger partial charge in [-0.2, -0.15) is 11.8 Å². The summed E-state index contributed by atoms with van der Waals surface area (Å²) in [5.74, 6) is 1.26. The maximum absolute atomic E-state index is 6.23. The molecule has 1 aliphatic heterocycles. The summed E-state index contributed by atoms with van der Waals surface area (Å²) >= 11 is 11.6. The SMILES string of the molecule is NC(Cc1ccc(Br)cc1Cl)C1CCCS1. The lowest BCUT2D eigenvalue weighted by atomic mass is 10.0. The highest BCUT2D eigenvalue weighted by Crippen LogP contribution is 2.30. The minimum atomic E-state index is 0.228. The van der Waals surface area contributed by atoms with Crippen LogP contribution in [0.25, 0.3) is 0 Å². The first-order chi connectivity index (χ1) is 7.66. The summed E-state index contributed by atoms with van der Waals surface area (Å²) in [6.07, 6.45) is 3.43. The highest BCUT2D eigenvalue weighted by atomic mass is 79.9. The molecular weight excluding hydrogens is 306 g/mol. The third-order valence-corrected chi connectivity index (χ3v) is 5.30. The number of halogens is 2. The second-order valence-electron chi connectivity index (χ2n) is 4.16. The molecule has 0 amide bonds. The Hall–Kier alpha value is 0.300. The maximum atomic E-state index is 6.23. The standard InChI is InChI=1S/C12H15BrClNS/c13-9-4-3-8(10(14)7-9)6-11(15)12-2-1-5-16-12/h3-4,7,11-12H,1-2,5-6,15H2. The molecule has 1 fully saturated rings. The van der Waals surface area contributed by atoms with Crippen LogP contribution in [0.1, 0.15) is 18.4 Å². The number of hydrogen-bond donors (Lipinski definition) is 1. The van der Waals surface area contributed by atoms with Crippen molar-refractivity contribution in [3.8, 4) is 0 Å². The van der Waals surface area contributed by atoms with E-state index >= 15 is 0 Å². The molecule has 0 bridgehead atoms. The molecular formula is C12H15BrClNS. The fourth-order valence-corrected chi connectivity index (χ4v) is 4.08. The fraction of sp³-hybridized carbons (Fsp3) is 0.500. The Labute approximate surface area is 114 Å². The minimum Gasteiger partial charge on any atom is -0.326 e. The zero-order valence-electron chi connectivity index (χ0n) is 8.96. The molecule has 4 heteroatoms. The van der Waals surface area contributed by atoms with E-state index in [1.807, 2.05) is 23.9 Å². The molecule has 2 rings (SSSR count). The monoisotopic (exact) mass is 319 g/mol. The summed E-state index contributed by atoms with van der Waals surface area (Å²) in [7, 11) is 0. The van der Waals surface area contributed by atoms with Crippen molar-refractivity contribution in [2.24, 2.45) is 5.73 Å². The molecule has 1 nitrogen and oxygen atoms in total. The molecule has 1 saturated heterocycles. The molecule has 16 heavy (non-hydrogen) atoms. The first-order valence-corrected chi connectivity index (χ1v) is 7.70. The zero-order valence-corrected chi connectivity index (χ0v) is 12.1. The van der Waals surface area contributed by atoms with E-state index in [9.17, 15) is 0 Å². The van der Waals surface area contributed by atoms with Crippen LogP contribution < -0.4 is 5.73 Å². The van der Waals surface area contributed by atoms with Crippen LogP contribution in [0.4, 0.5) is 0 Å². The highest BCUT2D eigenvalue weighted by Gasteiger charge is 2.23. The topological polar surface area (TPSA) is 26.0 Å². The van der Waals surface area contributed by atoms with Gasteiger partial charge in [0.05, 0.1) is 0 Å². The van der Waals surface area contributed by atoms with Crippen LogP contribution in [0.15, 0.2) is 22.7 Å². The van der Waals surface area contributed by atoms with Crippen molar-refractivity contribution in [3.63, 3.8) is 0 Å². The van der Waals surface area contributed by atoms with E-state index in [0.717, 1.165) is 21.5 Å². The summed E-state index contributed by atoms with van der Waals surface area (Å²) in [5.41, 5.74) is 7.38. The molecule has 2 unspecified atom stereocenters. The van der Waals surface area contributed by atoms with Gasteiger partial charge in [0.1, 0.15) is 0 Å². The van der Waals surface area contributed by atoms with Gasteiger partial charge in [-0.25, -0.2) is 0 Å². The molecule has 88 valence electrons. The molecule has 0 aliphatic carbocycles. The normalized spacial score (nSPS) is 22.3. The van der Waals surface area contributed by atoms with Crippen LogP contribution in [0.5, 0.6) is 0 Å². The van der Waals surface area contributed by atoms with E-state index in [2.05, 4.69) is 22.0 Å². The Morgan fingerprint density at radius 3 is 3.00 bits per heavy atom. The molecule has 1 aliphatic rings. The third-order valence-electron chi connectivity index (χ3n) is 2.91. The summed E-state index contributed by atoms with van der Waals surface area (Å²) < 4.78 is 1.02. The van der Waals surface area contributed by atoms with E-state index in [4.69, 9.17) is 17.3 Å². The Balaban J connectivity index is 2.02. The molecule has 2 N–H and O–H groups in total. The van der Waals surface area contributed by atoms with Crippen molar-refractivity contribution in [3.05, 3.63) is 33.3 Å². The van der Waals surface area contributed by atoms with Gasteiger partial charge in [0.25, 0.3) is 0 Å². The lowest BCUT2D eigenvalue weighted by Crippen LogP contribution is -2.33. The average molecular weight is 321 g/mol. The molecule has 0 saturated carbocycles. The largest absolute Gasteiger partial charge is 0.326 e. The number of rotatable bonds is 3. The number of hydrogen-bond acceptors (Lipinski definition) is 2. The fourth-order valence-electron chi connectivity index (χ4n) is 2.01. The maximum Gasteiger partial charge on any atom is 0.0449 e. The van der Waals surface area contributed by atoms with E-state index < -0.39 is 0 Å². The molecule has 0 aromatic heterocycles. The van der Waals surface area contributed by atoms with Gasteiger partial charge in [-0.3, -0.25) is 0 Å². The lowest BCUT2D eigenvalue weighted by Gasteiger charge is -2.18. The van der Waals surface area contributed by atoms with Crippen molar-refractivity contribution < 1.29 is 0 Å². The quantitative estimate of drug-likeness (QED) is 0.915. The summed E-state index contributed by atoms with van der Waals surface area (Å²) in [4.78, 5) is 0. The molecule has 0 spiro atoms. The zero-order chi connectivity index (χ0) is 11.5. The molecule has 1 aromatic carbocycles. The molecule has 1 heterocycles. The van der Waals surface area contributed by atoms with Gasteiger partial charge in [-0.15, -0.1) is 0 Å². The van der Waals surface area contributed by atoms with Gasteiger partial charge in [0.15, 0.2) is 0 Å². The van der Waals surface area contributed by atoms with E-state index in [-0.39, 0.29) is 6.04 Å². The predicted molar refractivity (Wildman–Crippen MR) is 76.3 cm³/mol. The van der Waals surface area contributed by atoms with Crippen LogP contribution >= 0.6 is 39.3 Å². The van der Waals surface area contributed by atoms with E-state index in [1.165, 1.54) is 18.6 Å². The Morgan fingerprint density at radius 1 is 1.56 bits per heavy atom. The predicted octanol–water partition coefficient (Wildman–Crippen LogP) is 3.87. The average Bonchev–Trinajstić information content (AvgIpc) is 2.75. The van der Waals surface area contributed by atoms with Gasteiger partial charge in [-0.05, 0) is 42.7 Å². The Kier molecular flexibility index (Phi) is 4.59. The van der Waals surface area contributed by atoms with Crippen LogP contribution in [-0.2, 0) is 6.42 Å². The van der Waals surface area contributed by atoms with Gasteiger partial charge >= 0.3 is 0 Å². The Bertz CT molecular complexity index is 366. The van der Waals surface area contributed by atoms with Crippen LogP contribution in [0.3, 0.4) is 0 Å². The highest BCUT2D eigenvalue weighted by molar-refractivity contribution is 9.10. The van der Waals surface area contributed by atoms with Crippen molar-refractivity contribution >= 4 is 39.3 Å². The lowest BCUT2D eigenvalue weighted by molar-refractivity contribution is 0.609. The summed E-state index contributed by atoms with van der Waals surface area (Å²) in [6.45, 7) is 0. The first-order valence-electron chi connectivity index (χ1n) is 5.48. The van der Waals surface area contributed by atoms with Crippen molar-refractivity contribution in [1.29, 1.82) is 0 Å². The number of nitrogens with two attached hydrogens (primary N) is 1. The van der Waals surface area contributed by atoms with Gasteiger partial charge in [0.2, 0.25) is 0 Å². The second kappa shape index (κ2) is 5.76. The third kappa shape index (κ3) is 3.16.